The van der Waals surface area contributed by atoms with Crippen molar-refractivity contribution in [2.24, 2.45) is 0 Å². The predicted molar refractivity (Wildman–Crippen MR) is 66.8 cm³/mol. The highest BCUT2D eigenvalue weighted by molar-refractivity contribution is 14.1. The van der Waals surface area contributed by atoms with Gasteiger partial charge in [0.25, 0.3) is 0 Å². The zero-order valence-corrected chi connectivity index (χ0v) is 11.5. The summed E-state index contributed by atoms with van der Waals surface area (Å²) in [5.74, 6) is -1.23. The van der Waals surface area contributed by atoms with Crippen LogP contribution in [0.15, 0.2) is 12.1 Å². The lowest BCUT2D eigenvalue weighted by Crippen LogP contribution is -2.12. The zero-order valence-electron chi connectivity index (χ0n) is 8.54. The molecule has 1 aromatic rings. The molecule has 1 aromatic carbocycles. The van der Waals surface area contributed by atoms with Gasteiger partial charge in [0.1, 0.15) is 0 Å². The molecule has 0 atom stereocenters. The molecule has 0 amide bonds. The van der Waals surface area contributed by atoms with E-state index in [9.17, 15) is 9.59 Å². The first-order chi connectivity index (χ1) is 7.51. The van der Waals surface area contributed by atoms with Crippen LogP contribution < -0.4 is 0 Å². The molecule has 0 saturated heterocycles. The van der Waals surface area contributed by atoms with Gasteiger partial charge < -0.3 is 9.47 Å². The van der Waals surface area contributed by atoms with Gasteiger partial charge in [-0.15, -0.1) is 0 Å². The molecule has 4 nitrogen and oxygen atoms in total. The Hall–Kier alpha value is -0.820. The number of carbonyl (C=O) groups is 2. The van der Waals surface area contributed by atoms with Crippen molar-refractivity contribution in [2.75, 3.05) is 14.2 Å². The van der Waals surface area contributed by atoms with Gasteiger partial charge in [0.05, 0.1) is 30.4 Å². The van der Waals surface area contributed by atoms with Crippen LogP contribution in [0.3, 0.4) is 0 Å². The van der Waals surface area contributed by atoms with Gasteiger partial charge in [-0.2, -0.15) is 0 Å². The molecule has 0 spiro atoms. The average molecular weight is 355 g/mol. The third-order valence-electron chi connectivity index (χ3n) is 1.87. The van der Waals surface area contributed by atoms with E-state index in [1.807, 2.05) is 22.6 Å². The molecule has 0 fully saturated rings. The van der Waals surface area contributed by atoms with Gasteiger partial charge in [-0.3, -0.25) is 0 Å². The molecule has 0 N–H and O–H groups in total. The van der Waals surface area contributed by atoms with E-state index in [1.54, 1.807) is 0 Å². The molecule has 0 aliphatic heterocycles. The summed E-state index contributed by atoms with van der Waals surface area (Å²) >= 11 is 7.83. The fourth-order valence-electron chi connectivity index (χ4n) is 1.10. The maximum Gasteiger partial charge on any atom is 0.338 e. The predicted octanol–water partition coefficient (Wildman–Crippen LogP) is 2.52. The number of halogens is 2. The number of hydrogen-bond acceptors (Lipinski definition) is 4. The highest BCUT2D eigenvalue weighted by Crippen LogP contribution is 2.24. The standard InChI is InChI=1S/C10H8ClIO4/c1-15-9(13)5-3-7(11)8(12)4-6(5)10(14)16-2/h3-4H,1-2H3. The molecule has 0 unspecified atom stereocenters. The second-order valence-corrected chi connectivity index (χ2v) is 4.36. The van der Waals surface area contributed by atoms with Crippen molar-refractivity contribution < 1.29 is 19.1 Å². The SMILES string of the molecule is COC(=O)c1cc(Cl)c(I)cc1C(=O)OC. The summed E-state index contributed by atoms with van der Waals surface area (Å²) in [7, 11) is 2.47. The normalized spacial score (nSPS) is 9.75. The molecule has 0 aromatic heterocycles. The van der Waals surface area contributed by atoms with Crippen LogP contribution in [-0.4, -0.2) is 26.2 Å². The summed E-state index contributed by atoms with van der Waals surface area (Å²) in [6, 6.07) is 2.88. The van der Waals surface area contributed by atoms with E-state index in [0.29, 0.717) is 8.59 Å². The second-order valence-electron chi connectivity index (χ2n) is 2.80. The van der Waals surface area contributed by atoms with Crippen LogP contribution in [0.5, 0.6) is 0 Å². The summed E-state index contributed by atoms with van der Waals surface area (Å²) in [6.07, 6.45) is 0. The van der Waals surface area contributed by atoms with E-state index in [0.717, 1.165) is 0 Å². The van der Waals surface area contributed by atoms with E-state index in [1.165, 1.54) is 26.4 Å². The second kappa shape index (κ2) is 5.49. The quantitative estimate of drug-likeness (QED) is 0.605. The largest absolute Gasteiger partial charge is 0.465 e. The Kier molecular flexibility index (Phi) is 4.55. The maximum absolute atomic E-state index is 11.4. The van der Waals surface area contributed by atoms with Gasteiger partial charge in [0, 0.05) is 3.57 Å². The summed E-state index contributed by atoms with van der Waals surface area (Å²) in [6.45, 7) is 0. The Morgan fingerprint density at radius 2 is 1.56 bits per heavy atom. The van der Waals surface area contributed by atoms with Crippen molar-refractivity contribution in [3.05, 3.63) is 31.9 Å². The van der Waals surface area contributed by atoms with E-state index in [-0.39, 0.29) is 11.1 Å². The molecule has 0 heterocycles. The summed E-state index contributed by atoms with van der Waals surface area (Å²) in [5.41, 5.74) is 0.239. The van der Waals surface area contributed by atoms with Crippen LogP contribution in [0.25, 0.3) is 0 Å². The minimum absolute atomic E-state index is 0.0970. The number of methoxy groups -OCH3 is 2. The Bertz CT molecular complexity index is 404. The minimum Gasteiger partial charge on any atom is -0.465 e. The first kappa shape index (κ1) is 13.2. The van der Waals surface area contributed by atoms with Gasteiger partial charge in [0.2, 0.25) is 0 Å². The fraction of sp³-hybridized carbons (Fsp3) is 0.200. The molecule has 0 radical (unpaired) electrons. The number of carbonyl (C=O) groups excluding carboxylic acids is 2. The van der Waals surface area contributed by atoms with E-state index in [4.69, 9.17) is 11.6 Å². The summed E-state index contributed by atoms with van der Waals surface area (Å²) in [5, 5.41) is 0.383. The monoisotopic (exact) mass is 354 g/mol. The van der Waals surface area contributed by atoms with Gasteiger partial charge in [-0.05, 0) is 34.7 Å². The Morgan fingerprint density at radius 3 is 2.00 bits per heavy atom. The van der Waals surface area contributed by atoms with Gasteiger partial charge in [-0.25, -0.2) is 9.59 Å². The van der Waals surface area contributed by atoms with Crippen LogP contribution in [0.1, 0.15) is 20.7 Å². The van der Waals surface area contributed by atoms with Crippen molar-refractivity contribution in [3.63, 3.8) is 0 Å². The van der Waals surface area contributed by atoms with Crippen LogP contribution in [-0.2, 0) is 9.47 Å². The van der Waals surface area contributed by atoms with Gasteiger partial charge in [-0.1, -0.05) is 11.6 Å². The third-order valence-corrected chi connectivity index (χ3v) is 3.40. The molecule has 16 heavy (non-hydrogen) atoms. The van der Waals surface area contributed by atoms with Crippen LogP contribution in [0.2, 0.25) is 5.02 Å². The van der Waals surface area contributed by atoms with Gasteiger partial charge in [0.15, 0.2) is 0 Å². The molecule has 0 aliphatic rings. The lowest BCUT2D eigenvalue weighted by Gasteiger charge is -2.07. The summed E-state index contributed by atoms with van der Waals surface area (Å²) < 4.78 is 9.79. The number of hydrogen-bond donors (Lipinski definition) is 0. The molecule has 86 valence electrons. The van der Waals surface area contributed by atoms with E-state index >= 15 is 0 Å². The summed E-state index contributed by atoms with van der Waals surface area (Å²) in [4.78, 5) is 22.9. The van der Waals surface area contributed by atoms with Crippen LogP contribution in [0.4, 0.5) is 0 Å². The number of rotatable bonds is 2. The number of benzene rings is 1. The minimum atomic E-state index is -0.626. The fourth-order valence-corrected chi connectivity index (χ4v) is 1.74. The van der Waals surface area contributed by atoms with Crippen molar-refractivity contribution in [3.8, 4) is 0 Å². The Balaban J connectivity index is 3.38. The highest BCUT2D eigenvalue weighted by Gasteiger charge is 2.20. The molecule has 1 rings (SSSR count). The third kappa shape index (κ3) is 2.65. The highest BCUT2D eigenvalue weighted by atomic mass is 127. The average Bonchev–Trinajstić information content (AvgIpc) is 2.30. The lowest BCUT2D eigenvalue weighted by molar-refractivity contribution is 0.0555. The molecule has 6 heteroatoms. The zero-order chi connectivity index (χ0) is 12.3. The smallest absolute Gasteiger partial charge is 0.338 e. The van der Waals surface area contributed by atoms with Crippen molar-refractivity contribution in [1.82, 2.24) is 0 Å². The molecule has 0 saturated carbocycles. The number of ether oxygens (including phenoxy) is 2. The number of esters is 2. The first-order valence-electron chi connectivity index (χ1n) is 4.17. The van der Waals surface area contributed by atoms with Crippen LogP contribution in [0, 0.1) is 3.57 Å². The van der Waals surface area contributed by atoms with E-state index < -0.39 is 11.9 Å². The molecule has 0 aliphatic carbocycles. The van der Waals surface area contributed by atoms with Crippen molar-refractivity contribution in [2.45, 2.75) is 0 Å². The van der Waals surface area contributed by atoms with Gasteiger partial charge >= 0.3 is 11.9 Å². The van der Waals surface area contributed by atoms with Crippen LogP contribution >= 0.6 is 34.2 Å². The topological polar surface area (TPSA) is 52.6 Å². The van der Waals surface area contributed by atoms with E-state index in [2.05, 4.69) is 9.47 Å². The van der Waals surface area contributed by atoms with Crippen molar-refractivity contribution in [1.29, 1.82) is 0 Å². The first-order valence-corrected chi connectivity index (χ1v) is 5.62. The molecular weight excluding hydrogens is 346 g/mol. The maximum atomic E-state index is 11.4. The lowest BCUT2D eigenvalue weighted by atomic mass is 10.1. The van der Waals surface area contributed by atoms with Crippen molar-refractivity contribution >= 4 is 46.1 Å². The Labute approximate surface area is 111 Å². The Morgan fingerprint density at radius 1 is 1.12 bits per heavy atom. The molecule has 0 bridgehead atoms. The molecular formula is C10H8ClIO4.